The van der Waals surface area contributed by atoms with Crippen LogP contribution < -0.4 is 0 Å². The van der Waals surface area contributed by atoms with Crippen molar-refractivity contribution < 1.29 is 4.39 Å². The fraction of sp³-hybridized carbons (Fsp3) is 0.111. The molecule has 4 rings (SSSR count). The first-order chi connectivity index (χ1) is 11.3. The first kappa shape index (κ1) is 13.7. The van der Waals surface area contributed by atoms with Gasteiger partial charge < -0.3 is 4.57 Å². The minimum atomic E-state index is -0.210. The van der Waals surface area contributed by atoms with Crippen molar-refractivity contribution in [2.75, 3.05) is 0 Å². The Bertz CT molecular complexity index is 923. The smallest absolute Gasteiger partial charge is 0.123 e. The van der Waals surface area contributed by atoms with Gasteiger partial charge >= 0.3 is 0 Å². The molecule has 0 spiro atoms. The maximum Gasteiger partial charge on any atom is 0.123 e. The van der Waals surface area contributed by atoms with Crippen molar-refractivity contribution in [3.63, 3.8) is 0 Å². The number of aromatic nitrogens is 4. The monoisotopic (exact) mass is 306 g/mol. The predicted molar refractivity (Wildman–Crippen MR) is 86.6 cm³/mol. The van der Waals surface area contributed by atoms with E-state index in [4.69, 9.17) is 0 Å². The molecule has 0 unspecified atom stereocenters. The lowest BCUT2D eigenvalue weighted by Crippen LogP contribution is -2.00. The minimum absolute atomic E-state index is 0.210. The Labute approximate surface area is 132 Å². The Balaban J connectivity index is 1.73. The highest BCUT2D eigenvalue weighted by atomic mass is 19.1. The van der Waals surface area contributed by atoms with Crippen LogP contribution >= 0.6 is 0 Å². The van der Waals surface area contributed by atoms with Gasteiger partial charge in [0.2, 0.25) is 0 Å². The lowest BCUT2D eigenvalue weighted by atomic mass is 10.2. The number of nitrogens with zero attached hydrogens (tertiary/aromatic N) is 4. The van der Waals surface area contributed by atoms with Crippen LogP contribution in [0.5, 0.6) is 0 Å². The van der Waals surface area contributed by atoms with E-state index < -0.39 is 0 Å². The Kier molecular flexibility index (Phi) is 3.38. The second-order valence-corrected chi connectivity index (χ2v) is 5.53. The Morgan fingerprint density at radius 2 is 1.78 bits per heavy atom. The van der Waals surface area contributed by atoms with E-state index in [1.54, 1.807) is 6.20 Å². The average molecular weight is 306 g/mol. The minimum Gasteiger partial charge on any atom is -0.343 e. The van der Waals surface area contributed by atoms with Crippen LogP contribution in [0.2, 0.25) is 0 Å². The van der Waals surface area contributed by atoms with Gasteiger partial charge in [-0.25, -0.2) is 9.07 Å². The average Bonchev–Trinajstić information content (AvgIpc) is 3.19. The standard InChI is InChI=1S/C18H15FN4/c19-16-7-5-14(6-8-16)11-22-12-15(13-23-10-9-20-21-23)17-3-1-2-4-18(17)22/h1-10,12H,11,13H2. The molecule has 0 N–H and O–H groups in total. The highest BCUT2D eigenvalue weighted by Crippen LogP contribution is 2.23. The van der Waals surface area contributed by atoms with Gasteiger partial charge in [0.05, 0.1) is 12.7 Å². The number of para-hydroxylation sites is 1. The van der Waals surface area contributed by atoms with E-state index in [-0.39, 0.29) is 5.82 Å². The van der Waals surface area contributed by atoms with Gasteiger partial charge in [0.15, 0.2) is 0 Å². The molecule has 4 nitrogen and oxygen atoms in total. The zero-order chi connectivity index (χ0) is 15.6. The predicted octanol–water partition coefficient (Wildman–Crippen LogP) is 3.47. The second-order valence-electron chi connectivity index (χ2n) is 5.53. The quantitative estimate of drug-likeness (QED) is 0.579. The molecule has 2 aromatic heterocycles. The van der Waals surface area contributed by atoms with Gasteiger partial charge in [-0.15, -0.1) is 5.10 Å². The zero-order valence-corrected chi connectivity index (χ0v) is 12.4. The van der Waals surface area contributed by atoms with Crippen LogP contribution in [-0.2, 0) is 13.1 Å². The van der Waals surface area contributed by atoms with Crippen molar-refractivity contribution in [2.45, 2.75) is 13.1 Å². The summed E-state index contributed by atoms with van der Waals surface area (Å²) in [5.74, 6) is -0.210. The van der Waals surface area contributed by atoms with Crippen molar-refractivity contribution in [3.8, 4) is 0 Å². The molecular weight excluding hydrogens is 291 g/mol. The molecule has 0 radical (unpaired) electrons. The summed E-state index contributed by atoms with van der Waals surface area (Å²) in [6.45, 7) is 1.38. The fourth-order valence-corrected chi connectivity index (χ4v) is 2.86. The van der Waals surface area contributed by atoms with Gasteiger partial charge in [0.1, 0.15) is 5.82 Å². The van der Waals surface area contributed by atoms with Crippen LogP contribution in [-0.4, -0.2) is 19.6 Å². The summed E-state index contributed by atoms with van der Waals surface area (Å²) in [5.41, 5.74) is 3.42. The molecule has 0 saturated carbocycles. The number of hydrogen-bond donors (Lipinski definition) is 0. The first-order valence-corrected chi connectivity index (χ1v) is 7.45. The SMILES string of the molecule is Fc1ccc(Cn2cc(Cn3ccnn3)c3ccccc32)cc1. The van der Waals surface area contributed by atoms with Crippen LogP contribution in [0, 0.1) is 5.82 Å². The van der Waals surface area contributed by atoms with Gasteiger partial charge in [0.25, 0.3) is 0 Å². The molecular formula is C18H15FN4. The lowest BCUT2D eigenvalue weighted by Gasteiger charge is -2.05. The Hall–Kier alpha value is -2.95. The van der Waals surface area contributed by atoms with Crippen molar-refractivity contribution in [3.05, 3.63) is 84.1 Å². The maximum absolute atomic E-state index is 13.1. The maximum atomic E-state index is 13.1. The van der Waals surface area contributed by atoms with E-state index in [0.29, 0.717) is 13.1 Å². The van der Waals surface area contributed by atoms with Gasteiger partial charge in [-0.3, -0.25) is 0 Å². The molecule has 0 bridgehead atoms. The number of rotatable bonds is 4. The van der Waals surface area contributed by atoms with E-state index in [0.717, 1.165) is 11.1 Å². The van der Waals surface area contributed by atoms with Gasteiger partial charge in [-0.05, 0) is 29.3 Å². The third kappa shape index (κ3) is 2.73. The highest BCUT2D eigenvalue weighted by Gasteiger charge is 2.09. The first-order valence-electron chi connectivity index (χ1n) is 7.45. The van der Waals surface area contributed by atoms with Crippen LogP contribution in [0.25, 0.3) is 10.9 Å². The zero-order valence-electron chi connectivity index (χ0n) is 12.4. The summed E-state index contributed by atoms with van der Waals surface area (Å²) < 4.78 is 17.1. The number of fused-ring (bicyclic) bond motifs is 1. The molecule has 5 heteroatoms. The van der Waals surface area contributed by atoms with Crippen LogP contribution in [0.15, 0.2) is 67.1 Å². The molecule has 2 heterocycles. The lowest BCUT2D eigenvalue weighted by molar-refractivity contribution is 0.626. The van der Waals surface area contributed by atoms with Crippen molar-refractivity contribution in [1.82, 2.24) is 19.6 Å². The highest BCUT2D eigenvalue weighted by molar-refractivity contribution is 5.84. The third-order valence-corrected chi connectivity index (χ3v) is 3.94. The van der Waals surface area contributed by atoms with Gasteiger partial charge in [-0.1, -0.05) is 35.5 Å². The van der Waals surface area contributed by atoms with E-state index >= 15 is 0 Å². The molecule has 0 saturated heterocycles. The van der Waals surface area contributed by atoms with Crippen LogP contribution in [0.3, 0.4) is 0 Å². The van der Waals surface area contributed by atoms with Gasteiger partial charge in [-0.2, -0.15) is 0 Å². The molecule has 4 aromatic rings. The largest absolute Gasteiger partial charge is 0.343 e. The van der Waals surface area contributed by atoms with Crippen LogP contribution in [0.4, 0.5) is 4.39 Å². The van der Waals surface area contributed by atoms with E-state index in [1.807, 2.05) is 35.1 Å². The normalized spacial score (nSPS) is 11.2. The molecule has 114 valence electrons. The number of hydrogen-bond acceptors (Lipinski definition) is 2. The van der Waals surface area contributed by atoms with Crippen molar-refractivity contribution in [2.24, 2.45) is 0 Å². The van der Waals surface area contributed by atoms with Crippen molar-refractivity contribution in [1.29, 1.82) is 0 Å². The van der Waals surface area contributed by atoms with E-state index in [1.165, 1.54) is 23.1 Å². The van der Waals surface area contributed by atoms with Crippen molar-refractivity contribution >= 4 is 10.9 Å². The molecule has 0 amide bonds. The Morgan fingerprint density at radius 3 is 2.57 bits per heavy atom. The molecule has 23 heavy (non-hydrogen) atoms. The summed E-state index contributed by atoms with van der Waals surface area (Å²) in [6, 6.07) is 14.9. The summed E-state index contributed by atoms with van der Waals surface area (Å²) in [7, 11) is 0. The topological polar surface area (TPSA) is 35.6 Å². The molecule has 0 aliphatic heterocycles. The summed E-state index contributed by atoms with van der Waals surface area (Å²) in [6.07, 6.45) is 5.67. The van der Waals surface area contributed by atoms with Crippen LogP contribution in [0.1, 0.15) is 11.1 Å². The number of halogens is 1. The van der Waals surface area contributed by atoms with E-state index in [9.17, 15) is 4.39 Å². The number of benzene rings is 2. The summed E-state index contributed by atoms with van der Waals surface area (Å²) in [5, 5.41) is 9.09. The molecule has 0 fully saturated rings. The molecule has 0 aliphatic rings. The fourth-order valence-electron chi connectivity index (χ4n) is 2.86. The van der Waals surface area contributed by atoms with E-state index in [2.05, 4.69) is 33.2 Å². The summed E-state index contributed by atoms with van der Waals surface area (Å²) in [4.78, 5) is 0. The molecule has 0 aliphatic carbocycles. The molecule has 2 aromatic carbocycles. The third-order valence-electron chi connectivity index (χ3n) is 3.94. The molecule has 0 atom stereocenters. The second kappa shape index (κ2) is 5.68. The summed E-state index contributed by atoms with van der Waals surface area (Å²) >= 11 is 0. The van der Waals surface area contributed by atoms with Gasteiger partial charge in [0, 0.05) is 29.8 Å². The Morgan fingerprint density at radius 1 is 0.957 bits per heavy atom.